The second-order valence-corrected chi connectivity index (χ2v) is 6.30. The van der Waals surface area contributed by atoms with Crippen molar-refractivity contribution < 1.29 is 18.8 Å². The minimum absolute atomic E-state index is 0.135. The van der Waals surface area contributed by atoms with Crippen LogP contribution in [0.3, 0.4) is 0 Å². The zero-order valence-corrected chi connectivity index (χ0v) is 14.6. The number of benzene rings is 1. The quantitative estimate of drug-likeness (QED) is 0.786. The smallest absolute Gasteiger partial charge is 0.312 e. The first-order chi connectivity index (χ1) is 12.5. The van der Waals surface area contributed by atoms with E-state index in [1.54, 1.807) is 12.1 Å². The second kappa shape index (κ2) is 7.86. The number of hydrogen-bond acceptors (Lipinski definition) is 4. The van der Waals surface area contributed by atoms with Crippen molar-refractivity contribution in [2.75, 3.05) is 19.6 Å². The first kappa shape index (κ1) is 17.7. The Morgan fingerprint density at radius 1 is 1.08 bits per heavy atom. The fourth-order valence-electron chi connectivity index (χ4n) is 2.76. The lowest BCUT2D eigenvalue weighted by atomic mass is 10.1. The minimum Gasteiger partial charge on any atom is -0.467 e. The van der Waals surface area contributed by atoms with Gasteiger partial charge in [0, 0.05) is 19.6 Å². The predicted octanol–water partition coefficient (Wildman–Crippen LogP) is 1.08. The van der Waals surface area contributed by atoms with Gasteiger partial charge in [-0.25, -0.2) is 0 Å². The molecule has 26 heavy (non-hydrogen) atoms. The highest BCUT2D eigenvalue weighted by Gasteiger charge is 2.33. The van der Waals surface area contributed by atoms with Crippen molar-refractivity contribution in [3.05, 3.63) is 59.5 Å². The van der Waals surface area contributed by atoms with Gasteiger partial charge >= 0.3 is 11.8 Å². The van der Waals surface area contributed by atoms with E-state index in [9.17, 15) is 14.4 Å². The van der Waals surface area contributed by atoms with Gasteiger partial charge in [-0.05, 0) is 24.6 Å². The van der Waals surface area contributed by atoms with Crippen LogP contribution in [0.25, 0.3) is 0 Å². The van der Waals surface area contributed by atoms with Crippen LogP contribution in [0, 0.1) is 6.92 Å². The van der Waals surface area contributed by atoms with Crippen molar-refractivity contribution in [2.45, 2.75) is 20.0 Å². The van der Waals surface area contributed by atoms with Gasteiger partial charge in [0.05, 0.1) is 12.8 Å². The first-order valence-corrected chi connectivity index (χ1v) is 8.46. The number of nitrogens with one attached hydrogen (secondary N) is 1. The highest BCUT2D eigenvalue weighted by atomic mass is 16.3. The second-order valence-electron chi connectivity index (χ2n) is 6.30. The molecular formula is C19H21N3O4. The Bertz CT molecular complexity index is 784. The van der Waals surface area contributed by atoms with Crippen LogP contribution in [0.4, 0.5) is 0 Å². The molecule has 0 radical (unpaired) electrons. The lowest BCUT2D eigenvalue weighted by Crippen LogP contribution is -2.55. The van der Waals surface area contributed by atoms with E-state index >= 15 is 0 Å². The maximum atomic E-state index is 12.3. The van der Waals surface area contributed by atoms with Crippen LogP contribution in [-0.4, -0.2) is 47.2 Å². The molecule has 1 fully saturated rings. The predicted molar refractivity (Wildman–Crippen MR) is 93.7 cm³/mol. The number of hydrogen-bond donors (Lipinski definition) is 1. The third-order valence-corrected chi connectivity index (χ3v) is 4.27. The van der Waals surface area contributed by atoms with E-state index < -0.39 is 11.8 Å². The summed E-state index contributed by atoms with van der Waals surface area (Å²) < 4.78 is 5.13. The summed E-state index contributed by atoms with van der Waals surface area (Å²) in [6, 6.07) is 11.3. The molecule has 3 rings (SSSR count). The van der Waals surface area contributed by atoms with Crippen molar-refractivity contribution in [1.82, 2.24) is 15.1 Å². The van der Waals surface area contributed by atoms with Crippen molar-refractivity contribution >= 4 is 17.7 Å². The van der Waals surface area contributed by atoms with Crippen LogP contribution >= 0.6 is 0 Å². The van der Waals surface area contributed by atoms with Gasteiger partial charge in [-0.1, -0.05) is 29.8 Å². The van der Waals surface area contributed by atoms with Crippen molar-refractivity contribution in [2.24, 2.45) is 0 Å². The number of aryl methyl sites for hydroxylation is 1. The standard InChI is InChI=1S/C19H21N3O4/c1-14-4-6-15(7-5-14)12-21-8-9-22(19(25)18(21)24)13-17(23)20-11-16-3-2-10-26-16/h2-7,10H,8-9,11-13H2,1H3,(H,20,23). The Morgan fingerprint density at radius 2 is 1.77 bits per heavy atom. The van der Waals surface area contributed by atoms with Crippen molar-refractivity contribution in [3.63, 3.8) is 0 Å². The molecule has 1 saturated heterocycles. The number of amides is 3. The molecule has 2 heterocycles. The first-order valence-electron chi connectivity index (χ1n) is 8.46. The van der Waals surface area contributed by atoms with Gasteiger partial charge in [-0.2, -0.15) is 0 Å². The normalized spacial score (nSPS) is 14.7. The van der Waals surface area contributed by atoms with E-state index in [1.807, 2.05) is 31.2 Å². The van der Waals surface area contributed by atoms with Crippen LogP contribution < -0.4 is 5.32 Å². The molecule has 0 spiro atoms. The zero-order valence-electron chi connectivity index (χ0n) is 14.6. The lowest BCUT2D eigenvalue weighted by Gasteiger charge is -2.33. The van der Waals surface area contributed by atoms with Gasteiger partial charge in [-0.15, -0.1) is 0 Å². The molecular weight excluding hydrogens is 334 g/mol. The fraction of sp³-hybridized carbons (Fsp3) is 0.316. The topological polar surface area (TPSA) is 82.9 Å². The van der Waals surface area contributed by atoms with E-state index in [1.165, 1.54) is 16.1 Å². The van der Waals surface area contributed by atoms with Crippen LogP contribution in [0.5, 0.6) is 0 Å². The van der Waals surface area contributed by atoms with Crippen molar-refractivity contribution in [3.8, 4) is 0 Å². The molecule has 0 saturated carbocycles. The Hall–Kier alpha value is -3.09. The molecule has 7 nitrogen and oxygen atoms in total. The number of furan rings is 1. The molecule has 0 aliphatic carbocycles. The van der Waals surface area contributed by atoms with E-state index in [0.717, 1.165) is 11.1 Å². The molecule has 2 aromatic rings. The van der Waals surface area contributed by atoms with Crippen molar-refractivity contribution in [1.29, 1.82) is 0 Å². The molecule has 1 aromatic heterocycles. The average molecular weight is 355 g/mol. The third kappa shape index (κ3) is 4.30. The average Bonchev–Trinajstić information content (AvgIpc) is 3.15. The number of carbonyl (C=O) groups is 3. The SMILES string of the molecule is Cc1ccc(CN2CCN(CC(=O)NCc3ccco3)C(=O)C2=O)cc1. The van der Waals surface area contributed by atoms with Gasteiger partial charge in [0.2, 0.25) is 5.91 Å². The summed E-state index contributed by atoms with van der Waals surface area (Å²) in [5.41, 5.74) is 2.11. The summed E-state index contributed by atoms with van der Waals surface area (Å²) in [6.45, 7) is 3.25. The van der Waals surface area contributed by atoms with E-state index in [0.29, 0.717) is 25.4 Å². The number of carbonyl (C=O) groups excluding carboxylic acids is 3. The summed E-state index contributed by atoms with van der Waals surface area (Å²) in [5.74, 6) is -0.912. The molecule has 7 heteroatoms. The highest BCUT2D eigenvalue weighted by molar-refractivity contribution is 6.35. The Morgan fingerprint density at radius 3 is 2.46 bits per heavy atom. The zero-order chi connectivity index (χ0) is 18.5. The van der Waals surface area contributed by atoms with Crippen LogP contribution in [0.1, 0.15) is 16.9 Å². The summed E-state index contributed by atoms with van der Waals surface area (Å²) >= 11 is 0. The van der Waals surface area contributed by atoms with Crippen LogP contribution in [-0.2, 0) is 27.5 Å². The van der Waals surface area contributed by atoms with E-state index in [2.05, 4.69) is 5.32 Å². The van der Waals surface area contributed by atoms with Gasteiger partial charge in [0.1, 0.15) is 12.3 Å². The van der Waals surface area contributed by atoms with Crippen LogP contribution in [0.15, 0.2) is 47.1 Å². The summed E-state index contributed by atoms with van der Waals surface area (Å²) in [7, 11) is 0. The maximum absolute atomic E-state index is 12.3. The fourth-order valence-corrected chi connectivity index (χ4v) is 2.76. The largest absolute Gasteiger partial charge is 0.467 e. The molecule has 0 bridgehead atoms. The van der Waals surface area contributed by atoms with Gasteiger partial charge in [0.25, 0.3) is 0 Å². The monoisotopic (exact) mass is 355 g/mol. The molecule has 136 valence electrons. The molecule has 1 N–H and O–H groups in total. The molecule has 1 aromatic carbocycles. The van der Waals surface area contributed by atoms with E-state index in [-0.39, 0.29) is 19.0 Å². The molecule has 0 unspecified atom stereocenters. The molecule has 0 atom stereocenters. The Kier molecular flexibility index (Phi) is 5.36. The minimum atomic E-state index is -0.642. The van der Waals surface area contributed by atoms with Gasteiger partial charge in [-0.3, -0.25) is 14.4 Å². The molecule has 1 aliphatic rings. The molecule has 3 amide bonds. The summed E-state index contributed by atoms with van der Waals surface area (Å²) in [4.78, 5) is 39.4. The van der Waals surface area contributed by atoms with Crippen LogP contribution in [0.2, 0.25) is 0 Å². The Balaban J connectivity index is 1.51. The molecule has 1 aliphatic heterocycles. The van der Waals surface area contributed by atoms with Gasteiger partial charge < -0.3 is 19.5 Å². The maximum Gasteiger partial charge on any atom is 0.312 e. The third-order valence-electron chi connectivity index (χ3n) is 4.27. The highest BCUT2D eigenvalue weighted by Crippen LogP contribution is 2.11. The van der Waals surface area contributed by atoms with E-state index in [4.69, 9.17) is 4.42 Å². The summed E-state index contributed by atoms with van der Waals surface area (Å²) in [6.07, 6.45) is 1.52. The lowest BCUT2D eigenvalue weighted by molar-refractivity contribution is -0.157. The number of nitrogens with zero attached hydrogens (tertiary/aromatic N) is 2. The Labute approximate surface area is 151 Å². The van der Waals surface area contributed by atoms with Gasteiger partial charge in [0.15, 0.2) is 0 Å². The number of rotatable bonds is 6. The summed E-state index contributed by atoms with van der Waals surface area (Å²) in [5, 5.41) is 2.67. The number of piperazine rings is 1.